The Bertz CT molecular complexity index is 994. The van der Waals surface area contributed by atoms with Crippen molar-refractivity contribution < 1.29 is 13.6 Å². The molecule has 0 saturated heterocycles. The van der Waals surface area contributed by atoms with Gasteiger partial charge in [-0.1, -0.05) is 24.3 Å². The van der Waals surface area contributed by atoms with Crippen molar-refractivity contribution >= 4 is 5.91 Å². The molecule has 3 nitrogen and oxygen atoms in total. The monoisotopic (exact) mass is 362 g/mol. The summed E-state index contributed by atoms with van der Waals surface area (Å²) in [6, 6.07) is 19.7. The van der Waals surface area contributed by atoms with Gasteiger partial charge in [-0.05, 0) is 66.1 Å². The minimum atomic E-state index is -0.536. The summed E-state index contributed by atoms with van der Waals surface area (Å²) in [5.41, 5.74) is 2.10. The average Bonchev–Trinajstić information content (AvgIpc) is 2.67. The van der Waals surface area contributed by atoms with Crippen LogP contribution in [-0.2, 0) is 6.42 Å². The highest BCUT2D eigenvalue weighted by molar-refractivity contribution is 5.94. The maximum absolute atomic E-state index is 13.7. The van der Waals surface area contributed by atoms with Crippen molar-refractivity contribution in [1.82, 2.24) is 5.32 Å². The number of benzene rings is 3. The predicted molar refractivity (Wildman–Crippen MR) is 97.9 cm³/mol. The highest BCUT2D eigenvalue weighted by Gasteiger charge is 2.17. The second kappa shape index (κ2) is 8.24. The van der Waals surface area contributed by atoms with Crippen molar-refractivity contribution in [2.75, 3.05) is 0 Å². The van der Waals surface area contributed by atoms with Crippen LogP contribution in [0.5, 0.6) is 0 Å². The van der Waals surface area contributed by atoms with Gasteiger partial charge in [0.05, 0.1) is 17.7 Å². The van der Waals surface area contributed by atoms with E-state index in [-0.39, 0.29) is 11.7 Å². The van der Waals surface area contributed by atoms with E-state index in [9.17, 15) is 13.6 Å². The van der Waals surface area contributed by atoms with Gasteiger partial charge in [0.15, 0.2) is 0 Å². The van der Waals surface area contributed by atoms with Crippen LogP contribution in [0.25, 0.3) is 0 Å². The van der Waals surface area contributed by atoms with Crippen molar-refractivity contribution in [1.29, 1.82) is 5.26 Å². The number of nitrogens with zero attached hydrogens (tertiary/aromatic N) is 1. The van der Waals surface area contributed by atoms with Crippen molar-refractivity contribution in [2.24, 2.45) is 0 Å². The van der Waals surface area contributed by atoms with Gasteiger partial charge in [-0.25, -0.2) is 8.78 Å². The molecule has 0 aliphatic rings. The highest BCUT2D eigenvalue weighted by atomic mass is 19.1. The molecule has 1 N–H and O–H groups in total. The fourth-order valence-electron chi connectivity index (χ4n) is 2.81. The lowest BCUT2D eigenvalue weighted by Gasteiger charge is -2.20. The van der Waals surface area contributed by atoms with Crippen LogP contribution in [0, 0.1) is 23.0 Å². The van der Waals surface area contributed by atoms with Crippen molar-refractivity contribution in [3.05, 3.63) is 107 Å². The number of amides is 1. The summed E-state index contributed by atoms with van der Waals surface area (Å²) < 4.78 is 27.2. The van der Waals surface area contributed by atoms with Gasteiger partial charge in [0, 0.05) is 5.56 Å². The molecule has 3 aromatic rings. The van der Waals surface area contributed by atoms with Gasteiger partial charge >= 0.3 is 0 Å². The largest absolute Gasteiger partial charge is 0.345 e. The number of carbonyl (C=O) groups excluding carboxylic acids is 1. The molecule has 0 aliphatic carbocycles. The molecule has 0 aromatic heterocycles. The summed E-state index contributed by atoms with van der Waals surface area (Å²) in [5, 5.41) is 11.7. The quantitative estimate of drug-likeness (QED) is 0.724. The Balaban J connectivity index is 1.86. The molecule has 0 heterocycles. The standard InChI is InChI=1S/C22H16F2N2O/c23-19-5-1-3-16(11-19)12-21(18-4-2-6-20(24)13-18)26-22(27)17-9-7-15(14-25)8-10-17/h1-11,13,21H,12H2,(H,26,27). The molecule has 0 radical (unpaired) electrons. The molecule has 3 rings (SSSR count). The Morgan fingerprint density at radius 2 is 1.63 bits per heavy atom. The number of carbonyl (C=O) groups is 1. The van der Waals surface area contributed by atoms with Crippen LogP contribution in [0.1, 0.15) is 33.1 Å². The van der Waals surface area contributed by atoms with E-state index in [1.165, 1.54) is 24.3 Å². The minimum absolute atomic E-state index is 0.309. The second-order valence-electron chi connectivity index (χ2n) is 6.10. The van der Waals surface area contributed by atoms with Crippen LogP contribution < -0.4 is 5.32 Å². The molecule has 1 amide bonds. The van der Waals surface area contributed by atoms with E-state index in [0.29, 0.717) is 28.7 Å². The van der Waals surface area contributed by atoms with E-state index in [1.54, 1.807) is 48.5 Å². The molecular weight excluding hydrogens is 346 g/mol. The maximum Gasteiger partial charge on any atom is 0.251 e. The van der Waals surface area contributed by atoms with E-state index in [4.69, 9.17) is 5.26 Å². The number of halogens is 2. The molecule has 27 heavy (non-hydrogen) atoms. The Labute approximate surface area is 155 Å². The number of rotatable bonds is 5. The number of nitriles is 1. The van der Waals surface area contributed by atoms with E-state index >= 15 is 0 Å². The molecule has 3 aromatic carbocycles. The highest BCUT2D eigenvalue weighted by Crippen LogP contribution is 2.21. The van der Waals surface area contributed by atoms with Crippen LogP contribution in [0.4, 0.5) is 8.78 Å². The van der Waals surface area contributed by atoms with Crippen LogP contribution in [0.3, 0.4) is 0 Å². The third-order valence-electron chi connectivity index (χ3n) is 4.16. The lowest BCUT2D eigenvalue weighted by atomic mass is 9.98. The maximum atomic E-state index is 13.7. The van der Waals surface area contributed by atoms with E-state index < -0.39 is 11.9 Å². The summed E-state index contributed by atoms with van der Waals surface area (Å²) in [5.74, 6) is -1.14. The number of nitrogens with one attached hydrogen (secondary N) is 1. The molecule has 0 saturated carbocycles. The third-order valence-corrected chi connectivity index (χ3v) is 4.16. The van der Waals surface area contributed by atoms with Crippen LogP contribution in [0.15, 0.2) is 72.8 Å². The predicted octanol–water partition coefficient (Wildman–Crippen LogP) is 4.55. The topological polar surface area (TPSA) is 52.9 Å². The van der Waals surface area contributed by atoms with E-state index in [2.05, 4.69) is 5.32 Å². The molecule has 5 heteroatoms. The van der Waals surface area contributed by atoms with Crippen LogP contribution >= 0.6 is 0 Å². The smallest absolute Gasteiger partial charge is 0.251 e. The molecule has 0 fully saturated rings. The van der Waals surface area contributed by atoms with Gasteiger partial charge in [0.25, 0.3) is 5.91 Å². The normalized spacial score (nSPS) is 11.4. The Kier molecular flexibility index (Phi) is 5.58. The summed E-state index contributed by atoms with van der Waals surface area (Å²) in [6.07, 6.45) is 0.309. The van der Waals surface area contributed by atoms with Gasteiger partial charge in [0.2, 0.25) is 0 Å². The van der Waals surface area contributed by atoms with Crippen molar-refractivity contribution in [3.8, 4) is 6.07 Å². The molecule has 1 atom stereocenters. The molecule has 0 spiro atoms. The van der Waals surface area contributed by atoms with Gasteiger partial charge in [0.1, 0.15) is 11.6 Å². The molecule has 1 unspecified atom stereocenters. The fourth-order valence-corrected chi connectivity index (χ4v) is 2.81. The van der Waals surface area contributed by atoms with Gasteiger partial charge in [-0.3, -0.25) is 4.79 Å². The zero-order valence-corrected chi connectivity index (χ0v) is 14.3. The molecule has 0 aliphatic heterocycles. The van der Waals surface area contributed by atoms with Gasteiger partial charge < -0.3 is 5.32 Å². The zero-order valence-electron chi connectivity index (χ0n) is 14.3. The molecular formula is C22H16F2N2O. The second-order valence-corrected chi connectivity index (χ2v) is 6.10. The number of hydrogen-bond acceptors (Lipinski definition) is 2. The van der Waals surface area contributed by atoms with Crippen LogP contribution in [0.2, 0.25) is 0 Å². The average molecular weight is 362 g/mol. The van der Waals surface area contributed by atoms with E-state index in [0.717, 1.165) is 0 Å². The fraction of sp³-hybridized carbons (Fsp3) is 0.0909. The Morgan fingerprint density at radius 3 is 2.26 bits per heavy atom. The van der Waals surface area contributed by atoms with Gasteiger partial charge in [-0.2, -0.15) is 5.26 Å². The lowest BCUT2D eigenvalue weighted by Crippen LogP contribution is -2.30. The van der Waals surface area contributed by atoms with Crippen molar-refractivity contribution in [2.45, 2.75) is 12.5 Å². The summed E-state index contributed by atoms with van der Waals surface area (Å²) in [6.45, 7) is 0. The summed E-state index contributed by atoms with van der Waals surface area (Å²) >= 11 is 0. The molecule has 0 bridgehead atoms. The first-order valence-electron chi connectivity index (χ1n) is 8.36. The first kappa shape index (κ1) is 18.3. The summed E-state index contributed by atoms with van der Waals surface area (Å²) in [4.78, 5) is 12.6. The molecule has 134 valence electrons. The summed E-state index contributed by atoms with van der Waals surface area (Å²) in [7, 11) is 0. The van der Waals surface area contributed by atoms with Crippen molar-refractivity contribution in [3.63, 3.8) is 0 Å². The third kappa shape index (κ3) is 4.77. The first-order valence-corrected chi connectivity index (χ1v) is 8.36. The minimum Gasteiger partial charge on any atom is -0.345 e. The van der Waals surface area contributed by atoms with Crippen LogP contribution in [-0.4, -0.2) is 5.91 Å². The lowest BCUT2D eigenvalue weighted by molar-refractivity contribution is 0.0936. The number of hydrogen-bond donors (Lipinski definition) is 1. The zero-order chi connectivity index (χ0) is 19.2. The Morgan fingerprint density at radius 1 is 0.963 bits per heavy atom. The Hall–Kier alpha value is -3.52. The SMILES string of the molecule is N#Cc1ccc(C(=O)NC(Cc2cccc(F)c2)c2cccc(F)c2)cc1. The first-order chi connectivity index (χ1) is 13.0. The van der Waals surface area contributed by atoms with Gasteiger partial charge in [-0.15, -0.1) is 0 Å². The van der Waals surface area contributed by atoms with E-state index in [1.807, 2.05) is 6.07 Å².